The van der Waals surface area contributed by atoms with Crippen molar-refractivity contribution in [3.8, 4) is 0 Å². The molecule has 1 N–H and O–H groups in total. The van der Waals surface area contributed by atoms with E-state index in [1.165, 1.54) is 0 Å². The Bertz CT molecular complexity index is 710. The van der Waals surface area contributed by atoms with Crippen LogP contribution >= 0.6 is 12.2 Å². The highest BCUT2D eigenvalue weighted by atomic mass is 32.1. The minimum absolute atomic E-state index is 0.0267. The summed E-state index contributed by atoms with van der Waals surface area (Å²) in [5, 5.41) is 11.5. The monoisotopic (exact) mass is 317 g/mol. The number of ether oxygens (including phenoxy) is 1. The fraction of sp³-hybridized carbons (Fsp3) is 0.400. The zero-order valence-electron chi connectivity index (χ0n) is 12.7. The molecular formula is C15H19N5OS. The first kappa shape index (κ1) is 14.9. The van der Waals surface area contributed by atoms with Gasteiger partial charge in [0.15, 0.2) is 5.82 Å². The molecule has 6 nitrogen and oxygen atoms in total. The molecule has 0 aliphatic carbocycles. The zero-order chi connectivity index (χ0) is 15.5. The lowest BCUT2D eigenvalue weighted by Gasteiger charge is -2.11. The van der Waals surface area contributed by atoms with Crippen molar-refractivity contribution in [2.45, 2.75) is 18.9 Å². The van der Waals surface area contributed by atoms with Crippen LogP contribution < -0.4 is 4.90 Å². The normalized spacial score (nSPS) is 18.2. The van der Waals surface area contributed by atoms with Gasteiger partial charge < -0.3 is 9.64 Å². The lowest BCUT2D eigenvalue weighted by Crippen LogP contribution is -2.08. The van der Waals surface area contributed by atoms with Crippen molar-refractivity contribution in [3.05, 3.63) is 40.4 Å². The third kappa shape index (κ3) is 3.10. The maximum atomic E-state index is 5.66. The lowest BCUT2D eigenvalue weighted by atomic mass is 10.2. The number of benzene rings is 1. The van der Waals surface area contributed by atoms with Crippen molar-refractivity contribution < 1.29 is 4.74 Å². The van der Waals surface area contributed by atoms with E-state index in [0.717, 1.165) is 36.5 Å². The van der Waals surface area contributed by atoms with Gasteiger partial charge in [0.1, 0.15) is 6.10 Å². The van der Waals surface area contributed by atoms with Gasteiger partial charge in [-0.2, -0.15) is 14.9 Å². The first-order valence-electron chi connectivity index (χ1n) is 7.26. The van der Waals surface area contributed by atoms with Crippen molar-refractivity contribution in [1.82, 2.24) is 14.9 Å². The van der Waals surface area contributed by atoms with E-state index in [4.69, 9.17) is 17.0 Å². The molecule has 1 saturated heterocycles. The lowest BCUT2D eigenvalue weighted by molar-refractivity contribution is 0.102. The quantitative estimate of drug-likeness (QED) is 0.696. The molecule has 0 spiro atoms. The Kier molecular flexibility index (Phi) is 4.35. The fourth-order valence-corrected chi connectivity index (χ4v) is 2.57. The number of H-pyrrole nitrogens is 1. The minimum atomic E-state index is -0.0267. The molecule has 0 amide bonds. The van der Waals surface area contributed by atoms with E-state index in [-0.39, 0.29) is 6.10 Å². The third-order valence-electron chi connectivity index (χ3n) is 3.62. The number of hydrogen-bond donors (Lipinski definition) is 1. The smallest absolute Gasteiger partial charge is 0.216 e. The first-order valence-corrected chi connectivity index (χ1v) is 7.66. The van der Waals surface area contributed by atoms with Crippen LogP contribution in [0.15, 0.2) is 29.4 Å². The summed E-state index contributed by atoms with van der Waals surface area (Å²) >= 11 is 5.25. The molecule has 1 aliphatic heterocycles. The molecule has 1 aromatic carbocycles. The second-order valence-corrected chi connectivity index (χ2v) is 5.82. The predicted molar refractivity (Wildman–Crippen MR) is 89.1 cm³/mol. The van der Waals surface area contributed by atoms with Crippen LogP contribution in [-0.2, 0) is 4.74 Å². The molecular weight excluding hydrogens is 298 g/mol. The van der Waals surface area contributed by atoms with Crippen LogP contribution in [0.4, 0.5) is 5.69 Å². The van der Waals surface area contributed by atoms with Crippen molar-refractivity contribution in [2.75, 3.05) is 25.6 Å². The number of nitrogens with one attached hydrogen (secondary N) is 1. The summed E-state index contributed by atoms with van der Waals surface area (Å²) < 4.78 is 7.78. The summed E-state index contributed by atoms with van der Waals surface area (Å²) in [5.41, 5.74) is 2.16. The van der Waals surface area contributed by atoms with Crippen molar-refractivity contribution in [2.24, 2.45) is 5.10 Å². The molecule has 0 radical (unpaired) electrons. The highest BCUT2D eigenvalue weighted by Gasteiger charge is 2.23. The van der Waals surface area contributed by atoms with Crippen LogP contribution in [0, 0.1) is 4.77 Å². The van der Waals surface area contributed by atoms with Gasteiger partial charge >= 0.3 is 0 Å². The largest absolute Gasteiger partial charge is 0.378 e. The summed E-state index contributed by atoms with van der Waals surface area (Å²) in [6.45, 7) is 0.764. The van der Waals surface area contributed by atoms with Crippen LogP contribution in [0.1, 0.15) is 30.3 Å². The Hall–Kier alpha value is -1.99. The summed E-state index contributed by atoms with van der Waals surface area (Å²) in [6, 6.07) is 8.15. The third-order valence-corrected chi connectivity index (χ3v) is 3.89. The average Bonchev–Trinajstić information content (AvgIpc) is 3.15. The van der Waals surface area contributed by atoms with Gasteiger partial charge in [0.05, 0.1) is 6.21 Å². The average molecular weight is 317 g/mol. The van der Waals surface area contributed by atoms with Crippen LogP contribution in [-0.4, -0.2) is 41.8 Å². The maximum Gasteiger partial charge on any atom is 0.216 e. The fourth-order valence-electron chi connectivity index (χ4n) is 2.39. The molecule has 22 heavy (non-hydrogen) atoms. The van der Waals surface area contributed by atoms with Gasteiger partial charge in [-0.25, -0.2) is 0 Å². The minimum Gasteiger partial charge on any atom is -0.378 e. The number of hydrogen-bond acceptors (Lipinski definition) is 5. The van der Waals surface area contributed by atoms with E-state index in [1.54, 1.807) is 10.9 Å². The Labute approximate surface area is 134 Å². The molecule has 1 aliphatic rings. The van der Waals surface area contributed by atoms with Gasteiger partial charge in [0, 0.05) is 26.4 Å². The van der Waals surface area contributed by atoms with E-state index < -0.39 is 0 Å². The number of anilines is 1. The van der Waals surface area contributed by atoms with Gasteiger partial charge in [0.2, 0.25) is 4.77 Å². The van der Waals surface area contributed by atoms with E-state index in [0.29, 0.717) is 4.77 Å². The summed E-state index contributed by atoms with van der Waals surface area (Å²) in [4.78, 5) is 2.06. The second kappa shape index (κ2) is 6.41. The van der Waals surface area contributed by atoms with Crippen molar-refractivity contribution >= 4 is 24.1 Å². The zero-order valence-corrected chi connectivity index (χ0v) is 13.5. The van der Waals surface area contributed by atoms with E-state index in [2.05, 4.69) is 32.3 Å². The Morgan fingerprint density at radius 1 is 1.41 bits per heavy atom. The molecule has 2 aromatic rings. The van der Waals surface area contributed by atoms with Crippen LogP contribution in [0.25, 0.3) is 0 Å². The van der Waals surface area contributed by atoms with Gasteiger partial charge in [-0.05, 0) is 42.8 Å². The van der Waals surface area contributed by atoms with Gasteiger partial charge in [-0.3, -0.25) is 5.10 Å². The number of nitrogens with zero attached hydrogens (tertiary/aromatic N) is 4. The van der Waals surface area contributed by atoms with Gasteiger partial charge in [-0.15, -0.1) is 0 Å². The second-order valence-electron chi connectivity index (χ2n) is 5.43. The molecule has 1 unspecified atom stereocenters. The summed E-state index contributed by atoms with van der Waals surface area (Å²) in [7, 11) is 4.03. The number of aromatic amines is 1. The predicted octanol–water partition coefficient (Wildman–Crippen LogP) is 2.74. The molecule has 1 aromatic heterocycles. The van der Waals surface area contributed by atoms with Crippen molar-refractivity contribution in [1.29, 1.82) is 0 Å². The highest BCUT2D eigenvalue weighted by molar-refractivity contribution is 7.71. The maximum absolute atomic E-state index is 5.66. The summed E-state index contributed by atoms with van der Waals surface area (Å²) in [5.74, 6) is 0.740. The number of aromatic nitrogens is 3. The van der Waals surface area contributed by atoms with E-state index in [1.807, 2.05) is 26.2 Å². The number of rotatable bonds is 4. The van der Waals surface area contributed by atoms with Crippen molar-refractivity contribution in [3.63, 3.8) is 0 Å². The molecule has 7 heteroatoms. The molecule has 1 fully saturated rings. The SMILES string of the molecule is CN(C)c1ccc(/C=N\n2c(C3CCCO3)n[nH]c2=S)cc1. The van der Waals surface area contributed by atoms with Gasteiger partial charge in [0.25, 0.3) is 0 Å². The molecule has 0 saturated carbocycles. The van der Waals surface area contributed by atoms with Crippen LogP contribution in [0.2, 0.25) is 0 Å². The molecule has 1 atom stereocenters. The van der Waals surface area contributed by atoms with Crippen LogP contribution in [0.5, 0.6) is 0 Å². The van der Waals surface area contributed by atoms with E-state index in [9.17, 15) is 0 Å². The van der Waals surface area contributed by atoms with Gasteiger partial charge in [-0.1, -0.05) is 12.1 Å². The highest BCUT2D eigenvalue weighted by Crippen LogP contribution is 2.26. The summed E-state index contributed by atoms with van der Waals surface area (Å²) in [6.07, 6.45) is 3.75. The van der Waals surface area contributed by atoms with E-state index >= 15 is 0 Å². The van der Waals surface area contributed by atoms with Crippen LogP contribution in [0.3, 0.4) is 0 Å². The molecule has 0 bridgehead atoms. The standard InChI is InChI=1S/C15H19N5OS/c1-19(2)12-7-5-11(6-8-12)10-16-20-14(17-18-15(20)22)13-4-3-9-21-13/h5-8,10,13H,3-4,9H2,1-2H3,(H,18,22)/b16-10-. The topological polar surface area (TPSA) is 58.4 Å². The molecule has 116 valence electrons. The molecule has 2 heterocycles. The Morgan fingerprint density at radius 2 is 2.18 bits per heavy atom. The molecule has 3 rings (SSSR count). The Balaban J connectivity index is 1.83. The first-order chi connectivity index (χ1) is 10.6. The Morgan fingerprint density at radius 3 is 2.82 bits per heavy atom.